The van der Waals surface area contributed by atoms with E-state index in [1.807, 2.05) is 0 Å². The average Bonchev–Trinajstić information content (AvgIpc) is 2.94. The van der Waals surface area contributed by atoms with Gasteiger partial charge in [-0.3, -0.25) is 13.9 Å². The lowest BCUT2D eigenvalue weighted by molar-refractivity contribution is -0.139. The van der Waals surface area contributed by atoms with Crippen molar-refractivity contribution in [1.82, 2.24) is 10.2 Å². The van der Waals surface area contributed by atoms with Crippen molar-refractivity contribution >= 4 is 39.1 Å². The van der Waals surface area contributed by atoms with Crippen LogP contribution in [0, 0.1) is 5.82 Å². The van der Waals surface area contributed by atoms with Crippen molar-refractivity contribution in [2.24, 2.45) is 0 Å². The molecule has 0 saturated heterocycles. The van der Waals surface area contributed by atoms with E-state index in [1.54, 1.807) is 20.8 Å². The molecule has 41 heavy (non-hydrogen) atoms. The number of halogens is 2. The first-order valence-corrected chi connectivity index (χ1v) is 14.5. The number of hydrogen-bond donors (Lipinski definition) is 1. The lowest BCUT2D eigenvalue weighted by Gasteiger charge is -2.32. The number of sulfonamides is 1. The molecular weight excluding hydrogens is 573 g/mol. The van der Waals surface area contributed by atoms with Gasteiger partial charge in [-0.05, 0) is 74.9 Å². The Morgan fingerprint density at radius 3 is 2.10 bits per heavy atom. The Morgan fingerprint density at radius 1 is 0.927 bits per heavy atom. The Kier molecular flexibility index (Phi) is 10.6. The molecule has 1 unspecified atom stereocenters. The Balaban J connectivity index is 2.06. The van der Waals surface area contributed by atoms with Crippen molar-refractivity contribution in [1.29, 1.82) is 0 Å². The van der Waals surface area contributed by atoms with Crippen LogP contribution < -0.4 is 19.1 Å². The lowest BCUT2D eigenvalue weighted by Crippen LogP contribution is -2.52. The van der Waals surface area contributed by atoms with Gasteiger partial charge >= 0.3 is 0 Å². The van der Waals surface area contributed by atoms with Gasteiger partial charge in [0.05, 0.1) is 24.8 Å². The second kappa shape index (κ2) is 13.7. The summed E-state index contributed by atoms with van der Waals surface area (Å²) in [4.78, 5) is 28.0. The van der Waals surface area contributed by atoms with Crippen molar-refractivity contribution in [3.63, 3.8) is 0 Å². The molecule has 0 radical (unpaired) electrons. The van der Waals surface area contributed by atoms with Gasteiger partial charge in [0.25, 0.3) is 10.0 Å². The molecule has 0 aromatic heterocycles. The van der Waals surface area contributed by atoms with E-state index in [0.717, 1.165) is 4.31 Å². The van der Waals surface area contributed by atoms with Crippen LogP contribution in [0.1, 0.15) is 26.3 Å². The summed E-state index contributed by atoms with van der Waals surface area (Å²) in [6.07, 6.45) is 0. The third-order valence-corrected chi connectivity index (χ3v) is 8.22. The van der Waals surface area contributed by atoms with Crippen LogP contribution in [-0.2, 0) is 26.2 Å². The standard InChI is InChI=1S/C29H33ClFN3O6S/c1-19(2)32-29(36)20(3)33(17-21-6-10-23(31)11-7-21)28(35)18-34(24-12-8-22(30)9-13-24)41(37,38)25-14-15-26(39-4)27(16-25)40-5/h6-16,19-20H,17-18H2,1-5H3,(H,32,36). The van der Waals surface area contributed by atoms with Crippen molar-refractivity contribution in [3.05, 3.63) is 83.1 Å². The second-order valence-electron chi connectivity index (χ2n) is 9.49. The normalized spacial score (nSPS) is 12.0. The molecule has 1 atom stereocenters. The molecule has 3 rings (SSSR count). The number of benzene rings is 3. The zero-order chi connectivity index (χ0) is 30.3. The molecule has 1 N–H and O–H groups in total. The Labute approximate surface area is 244 Å². The highest BCUT2D eigenvalue weighted by Gasteiger charge is 2.33. The summed E-state index contributed by atoms with van der Waals surface area (Å²) in [5.74, 6) is -1.01. The molecule has 0 aliphatic heterocycles. The number of ether oxygens (including phenoxy) is 2. The number of methoxy groups -OCH3 is 2. The summed E-state index contributed by atoms with van der Waals surface area (Å²) in [7, 11) is -1.53. The molecule has 3 aromatic carbocycles. The van der Waals surface area contributed by atoms with E-state index in [-0.39, 0.29) is 28.9 Å². The molecule has 0 bridgehead atoms. The van der Waals surface area contributed by atoms with Crippen LogP contribution in [0.5, 0.6) is 11.5 Å². The molecule has 3 aromatic rings. The van der Waals surface area contributed by atoms with Crippen LogP contribution in [0.4, 0.5) is 10.1 Å². The van der Waals surface area contributed by atoms with E-state index >= 15 is 0 Å². The fraction of sp³-hybridized carbons (Fsp3) is 0.310. The minimum absolute atomic E-state index is 0.0589. The van der Waals surface area contributed by atoms with Gasteiger partial charge in [-0.15, -0.1) is 0 Å². The first-order valence-electron chi connectivity index (χ1n) is 12.7. The number of nitrogens with zero attached hydrogens (tertiary/aromatic N) is 2. The first-order chi connectivity index (χ1) is 19.4. The third-order valence-electron chi connectivity index (χ3n) is 6.20. The molecule has 12 heteroatoms. The van der Waals surface area contributed by atoms with E-state index in [2.05, 4.69) is 5.32 Å². The van der Waals surface area contributed by atoms with Gasteiger partial charge in [0, 0.05) is 23.7 Å². The molecule has 0 saturated carbocycles. The smallest absolute Gasteiger partial charge is 0.264 e. The average molecular weight is 606 g/mol. The van der Waals surface area contributed by atoms with Crippen molar-refractivity contribution in [2.75, 3.05) is 25.1 Å². The van der Waals surface area contributed by atoms with Crippen LogP contribution in [-0.4, -0.2) is 58.0 Å². The summed E-state index contributed by atoms with van der Waals surface area (Å²) < 4.78 is 53.0. The van der Waals surface area contributed by atoms with Gasteiger partial charge in [-0.1, -0.05) is 23.7 Å². The maximum atomic E-state index is 14.0. The Bertz CT molecular complexity index is 1470. The van der Waals surface area contributed by atoms with Gasteiger partial charge in [0.2, 0.25) is 11.8 Å². The third kappa shape index (κ3) is 7.89. The maximum Gasteiger partial charge on any atom is 0.264 e. The maximum absolute atomic E-state index is 14.0. The zero-order valence-corrected chi connectivity index (χ0v) is 25.0. The first kappa shape index (κ1) is 31.7. The van der Waals surface area contributed by atoms with Crippen molar-refractivity contribution in [3.8, 4) is 11.5 Å². The minimum atomic E-state index is -4.34. The fourth-order valence-corrected chi connectivity index (χ4v) is 5.57. The van der Waals surface area contributed by atoms with E-state index in [4.69, 9.17) is 21.1 Å². The summed E-state index contributed by atoms with van der Waals surface area (Å²) in [5.41, 5.74) is 0.739. The largest absolute Gasteiger partial charge is 0.493 e. The molecule has 0 heterocycles. The van der Waals surface area contributed by atoms with E-state index in [1.165, 1.54) is 85.8 Å². The van der Waals surface area contributed by atoms with Crippen molar-refractivity contribution in [2.45, 2.75) is 44.3 Å². The highest BCUT2D eigenvalue weighted by Crippen LogP contribution is 2.32. The highest BCUT2D eigenvalue weighted by molar-refractivity contribution is 7.92. The quantitative estimate of drug-likeness (QED) is 0.323. The molecule has 0 spiro atoms. The SMILES string of the molecule is COc1ccc(S(=O)(=O)N(CC(=O)N(Cc2ccc(F)cc2)C(C)C(=O)NC(C)C)c2ccc(Cl)cc2)cc1OC. The van der Waals surface area contributed by atoms with Crippen LogP contribution in [0.25, 0.3) is 0 Å². The fourth-order valence-electron chi connectivity index (χ4n) is 4.01. The summed E-state index contributed by atoms with van der Waals surface area (Å²) in [5, 5.41) is 3.15. The molecule has 2 amide bonds. The molecule has 220 valence electrons. The lowest BCUT2D eigenvalue weighted by atomic mass is 10.1. The van der Waals surface area contributed by atoms with E-state index < -0.39 is 40.2 Å². The van der Waals surface area contributed by atoms with Crippen LogP contribution in [0.2, 0.25) is 5.02 Å². The number of carbonyl (C=O) groups is 2. The second-order valence-corrected chi connectivity index (χ2v) is 11.8. The number of nitrogens with one attached hydrogen (secondary N) is 1. The summed E-state index contributed by atoms with van der Waals surface area (Å²) in [6.45, 7) is 4.42. The number of amides is 2. The van der Waals surface area contributed by atoms with Gasteiger partial charge < -0.3 is 19.7 Å². The molecule has 0 aliphatic rings. The molecular formula is C29H33ClFN3O6S. The summed E-state index contributed by atoms with van der Waals surface area (Å²) >= 11 is 6.05. The topological polar surface area (TPSA) is 105 Å². The van der Waals surface area contributed by atoms with Crippen LogP contribution in [0.15, 0.2) is 71.6 Å². The minimum Gasteiger partial charge on any atom is -0.493 e. The Morgan fingerprint density at radius 2 is 1.54 bits per heavy atom. The van der Waals surface area contributed by atoms with Crippen molar-refractivity contribution < 1.29 is 31.9 Å². The van der Waals surface area contributed by atoms with Crippen LogP contribution >= 0.6 is 11.6 Å². The van der Waals surface area contributed by atoms with Gasteiger partial charge in [-0.25, -0.2) is 12.8 Å². The zero-order valence-electron chi connectivity index (χ0n) is 23.4. The number of anilines is 1. The van der Waals surface area contributed by atoms with Gasteiger partial charge in [0.15, 0.2) is 11.5 Å². The van der Waals surface area contributed by atoms with Gasteiger partial charge in [0.1, 0.15) is 18.4 Å². The summed E-state index contributed by atoms with van der Waals surface area (Å²) in [6, 6.07) is 14.4. The Hall–Kier alpha value is -3.83. The van der Waals surface area contributed by atoms with Gasteiger partial charge in [-0.2, -0.15) is 0 Å². The van der Waals surface area contributed by atoms with E-state index in [9.17, 15) is 22.4 Å². The predicted octanol–water partition coefficient (Wildman–Crippen LogP) is 4.63. The number of hydrogen-bond acceptors (Lipinski definition) is 6. The van der Waals surface area contributed by atoms with Crippen LogP contribution in [0.3, 0.4) is 0 Å². The number of carbonyl (C=O) groups excluding carboxylic acids is 2. The molecule has 9 nitrogen and oxygen atoms in total. The van der Waals surface area contributed by atoms with E-state index in [0.29, 0.717) is 16.3 Å². The molecule has 0 fully saturated rings. The monoisotopic (exact) mass is 605 g/mol. The number of rotatable bonds is 12. The predicted molar refractivity (Wildman–Crippen MR) is 155 cm³/mol. The highest BCUT2D eigenvalue weighted by atomic mass is 35.5. The molecule has 0 aliphatic carbocycles.